The van der Waals surface area contributed by atoms with Gasteiger partial charge in [-0.3, -0.25) is 4.79 Å². The fourth-order valence-electron chi connectivity index (χ4n) is 1.61. The minimum absolute atomic E-state index is 0.126. The number of thiophene rings is 1. The Bertz CT molecular complexity index is 612. The summed E-state index contributed by atoms with van der Waals surface area (Å²) in [7, 11) is 1.75. The molecular weight excluding hydrogens is 303 g/mol. The SMILES string of the molecule is Cc1ccsc1CN(C)C(=O)c1cnc(Cl)c(Cl)c1. The van der Waals surface area contributed by atoms with Gasteiger partial charge in [0.1, 0.15) is 5.15 Å². The van der Waals surface area contributed by atoms with Crippen molar-refractivity contribution in [2.75, 3.05) is 7.05 Å². The molecule has 0 saturated heterocycles. The number of nitrogens with zero attached hydrogens (tertiary/aromatic N) is 2. The lowest BCUT2D eigenvalue weighted by Crippen LogP contribution is -2.26. The van der Waals surface area contributed by atoms with Crippen LogP contribution >= 0.6 is 34.5 Å². The van der Waals surface area contributed by atoms with Gasteiger partial charge in [0.05, 0.1) is 17.1 Å². The van der Waals surface area contributed by atoms with Crippen molar-refractivity contribution in [3.05, 3.63) is 49.9 Å². The van der Waals surface area contributed by atoms with Gasteiger partial charge in [-0.05, 0) is 30.0 Å². The molecule has 0 aliphatic rings. The largest absolute Gasteiger partial charge is 0.337 e. The molecular formula is C13H12Cl2N2OS. The van der Waals surface area contributed by atoms with Crippen molar-refractivity contribution in [1.82, 2.24) is 9.88 Å². The van der Waals surface area contributed by atoms with Crippen LogP contribution in [-0.2, 0) is 6.54 Å². The summed E-state index contributed by atoms with van der Waals surface area (Å²) in [6.07, 6.45) is 1.44. The van der Waals surface area contributed by atoms with Gasteiger partial charge in [0.25, 0.3) is 5.91 Å². The number of aryl methyl sites for hydroxylation is 1. The summed E-state index contributed by atoms with van der Waals surface area (Å²) >= 11 is 13.2. The van der Waals surface area contributed by atoms with Gasteiger partial charge in [-0.25, -0.2) is 4.98 Å². The molecule has 3 nitrogen and oxygen atoms in total. The summed E-state index contributed by atoms with van der Waals surface area (Å²) in [6, 6.07) is 3.58. The Kier molecular flexibility index (Phi) is 4.45. The lowest BCUT2D eigenvalue weighted by atomic mass is 10.2. The predicted octanol–water partition coefficient (Wildman–Crippen LogP) is 4.03. The lowest BCUT2D eigenvalue weighted by Gasteiger charge is -2.17. The third-order valence-corrected chi connectivity index (χ3v) is 4.43. The number of halogens is 2. The Hall–Kier alpha value is -1.10. The summed E-state index contributed by atoms with van der Waals surface area (Å²) in [5.74, 6) is -0.126. The quantitative estimate of drug-likeness (QED) is 0.801. The standard InChI is InChI=1S/C13H12Cl2N2OS/c1-8-3-4-19-11(8)7-17(2)13(18)9-5-10(14)12(15)16-6-9/h3-6H,7H2,1-2H3. The first-order valence-corrected chi connectivity index (χ1v) is 7.22. The second-order valence-electron chi connectivity index (χ2n) is 4.18. The van der Waals surface area contributed by atoms with E-state index in [1.165, 1.54) is 22.7 Å². The average molecular weight is 315 g/mol. The number of hydrogen-bond acceptors (Lipinski definition) is 3. The van der Waals surface area contributed by atoms with Gasteiger partial charge < -0.3 is 4.90 Å². The van der Waals surface area contributed by atoms with Crippen LogP contribution < -0.4 is 0 Å². The molecule has 6 heteroatoms. The minimum Gasteiger partial charge on any atom is -0.337 e. The zero-order valence-electron chi connectivity index (χ0n) is 10.5. The van der Waals surface area contributed by atoms with E-state index in [0.717, 1.165) is 0 Å². The second kappa shape index (κ2) is 5.90. The zero-order chi connectivity index (χ0) is 14.0. The van der Waals surface area contributed by atoms with Crippen molar-refractivity contribution in [1.29, 1.82) is 0 Å². The Labute approximate surface area is 125 Å². The van der Waals surface area contributed by atoms with Crippen LogP contribution in [0.3, 0.4) is 0 Å². The Morgan fingerprint density at radius 2 is 2.21 bits per heavy atom. The first kappa shape index (κ1) is 14.3. The van der Waals surface area contributed by atoms with E-state index in [2.05, 4.69) is 4.98 Å². The highest BCUT2D eigenvalue weighted by molar-refractivity contribution is 7.10. The third kappa shape index (κ3) is 3.26. The predicted molar refractivity (Wildman–Crippen MR) is 79.1 cm³/mol. The van der Waals surface area contributed by atoms with E-state index in [0.29, 0.717) is 12.1 Å². The normalized spacial score (nSPS) is 10.5. The number of hydrogen-bond donors (Lipinski definition) is 0. The maximum absolute atomic E-state index is 12.2. The molecule has 2 heterocycles. The first-order chi connectivity index (χ1) is 8.99. The number of carbonyl (C=O) groups excluding carboxylic acids is 1. The minimum atomic E-state index is -0.126. The highest BCUT2D eigenvalue weighted by Gasteiger charge is 2.15. The summed E-state index contributed by atoms with van der Waals surface area (Å²) in [5.41, 5.74) is 1.63. The zero-order valence-corrected chi connectivity index (χ0v) is 12.8. The average Bonchev–Trinajstić information content (AvgIpc) is 2.77. The van der Waals surface area contributed by atoms with Crippen LogP contribution in [0.5, 0.6) is 0 Å². The number of aromatic nitrogens is 1. The molecule has 0 fully saturated rings. The second-order valence-corrected chi connectivity index (χ2v) is 5.95. The van der Waals surface area contributed by atoms with Crippen molar-refractivity contribution in [2.24, 2.45) is 0 Å². The van der Waals surface area contributed by atoms with E-state index in [1.54, 1.807) is 23.3 Å². The molecule has 0 radical (unpaired) electrons. The van der Waals surface area contributed by atoms with Crippen LogP contribution in [-0.4, -0.2) is 22.8 Å². The molecule has 0 saturated carbocycles. The maximum Gasteiger partial charge on any atom is 0.255 e. The van der Waals surface area contributed by atoms with E-state index < -0.39 is 0 Å². The van der Waals surface area contributed by atoms with Crippen LogP contribution in [0.1, 0.15) is 20.8 Å². The van der Waals surface area contributed by atoms with Crippen molar-refractivity contribution in [3.63, 3.8) is 0 Å². The third-order valence-electron chi connectivity index (χ3n) is 2.74. The lowest BCUT2D eigenvalue weighted by molar-refractivity contribution is 0.0786. The Balaban J connectivity index is 2.15. The van der Waals surface area contributed by atoms with Crippen molar-refractivity contribution >= 4 is 40.4 Å². The highest BCUT2D eigenvalue weighted by Crippen LogP contribution is 2.22. The van der Waals surface area contributed by atoms with Crippen LogP contribution in [0, 0.1) is 6.92 Å². The highest BCUT2D eigenvalue weighted by atomic mass is 35.5. The van der Waals surface area contributed by atoms with E-state index >= 15 is 0 Å². The molecule has 0 aliphatic carbocycles. The van der Waals surface area contributed by atoms with E-state index in [-0.39, 0.29) is 16.1 Å². The van der Waals surface area contributed by atoms with Crippen molar-refractivity contribution < 1.29 is 4.79 Å². The molecule has 0 bridgehead atoms. The topological polar surface area (TPSA) is 33.2 Å². The van der Waals surface area contributed by atoms with Gasteiger partial charge >= 0.3 is 0 Å². The molecule has 19 heavy (non-hydrogen) atoms. The molecule has 0 unspecified atom stereocenters. The van der Waals surface area contributed by atoms with Crippen molar-refractivity contribution in [3.8, 4) is 0 Å². The molecule has 1 amide bonds. The summed E-state index contributed by atoms with van der Waals surface area (Å²) in [5, 5.41) is 2.51. The molecule has 2 rings (SSSR count). The number of rotatable bonds is 3. The molecule has 100 valence electrons. The molecule has 0 spiro atoms. The summed E-state index contributed by atoms with van der Waals surface area (Å²) in [6.45, 7) is 2.60. The summed E-state index contributed by atoms with van der Waals surface area (Å²) in [4.78, 5) is 18.9. The Morgan fingerprint density at radius 1 is 1.47 bits per heavy atom. The monoisotopic (exact) mass is 314 g/mol. The van der Waals surface area contributed by atoms with Crippen LogP contribution in [0.2, 0.25) is 10.2 Å². The van der Waals surface area contributed by atoms with E-state index in [9.17, 15) is 4.79 Å². The fraction of sp³-hybridized carbons (Fsp3) is 0.231. The van der Waals surface area contributed by atoms with Crippen LogP contribution in [0.15, 0.2) is 23.7 Å². The molecule has 0 aromatic carbocycles. The van der Waals surface area contributed by atoms with Gasteiger partial charge in [0, 0.05) is 18.1 Å². The van der Waals surface area contributed by atoms with Gasteiger partial charge in [0.15, 0.2) is 0 Å². The van der Waals surface area contributed by atoms with Crippen LogP contribution in [0.4, 0.5) is 0 Å². The van der Waals surface area contributed by atoms with Gasteiger partial charge in [-0.1, -0.05) is 23.2 Å². The number of carbonyl (C=O) groups is 1. The Morgan fingerprint density at radius 3 is 2.79 bits per heavy atom. The molecule has 2 aromatic rings. The number of amides is 1. The molecule has 2 aromatic heterocycles. The van der Waals surface area contributed by atoms with Gasteiger partial charge in [-0.2, -0.15) is 0 Å². The number of pyridine rings is 1. The van der Waals surface area contributed by atoms with E-state index in [4.69, 9.17) is 23.2 Å². The maximum atomic E-state index is 12.2. The molecule has 0 atom stereocenters. The fourth-order valence-corrected chi connectivity index (χ4v) is 2.84. The van der Waals surface area contributed by atoms with Gasteiger partial charge in [-0.15, -0.1) is 11.3 Å². The van der Waals surface area contributed by atoms with Crippen LogP contribution in [0.25, 0.3) is 0 Å². The van der Waals surface area contributed by atoms with E-state index in [1.807, 2.05) is 18.4 Å². The smallest absolute Gasteiger partial charge is 0.255 e. The van der Waals surface area contributed by atoms with Gasteiger partial charge in [0.2, 0.25) is 0 Å². The molecule has 0 aliphatic heterocycles. The summed E-state index contributed by atoms with van der Waals surface area (Å²) < 4.78 is 0. The van der Waals surface area contributed by atoms with Crippen molar-refractivity contribution in [2.45, 2.75) is 13.5 Å². The first-order valence-electron chi connectivity index (χ1n) is 5.58. The molecule has 0 N–H and O–H groups in total.